The van der Waals surface area contributed by atoms with Gasteiger partial charge in [0.05, 0.1) is 6.61 Å². The summed E-state index contributed by atoms with van der Waals surface area (Å²) in [6.45, 7) is 1.44. The Morgan fingerprint density at radius 2 is 2.19 bits per heavy atom. The van der Waals surface area contributed by atoms with Gasteiger partial charge < -0.3 is 10.0 Å². The Bertz CT molecular complexity index is 394. The number of hydrogen-bond donors (Lipinski definition) is 1. The maximum absolute atomic E-state index is 11.6. The molecule has 0 bridgehead atoms. The third-order valence-corrected chi connectivity index (χ3v) is 3.33. The highest BCUT2D eigenvalue weighted by molar-refractivity contribution is 9.09. The van der Waals surface area contributed by atoms with Crippen molar-refractivity contribution in [3.05, 3.63) is 35.4 Å². The molecule has 0 aromatic heterocycles. The maximum Gasteiger partial charge on any atom is 0.224 e. The highest BCUT2D eigenvalue weighted by Crippen LogP contribution is 2.20. The molecule has 1 atom stereocenters. The summed E-state index contributed by atoms with van der Waals surface area (Å²) in [6.07, 6.45) is 0.583. The minimum Gasteiger partial charge on any atom is -0.392 e. The third-order valence-electron chi connectivity index (χ3n) is 2.71. The van der Waals surface area contributed by atoms with Crippen molar-refractivity contribution < 1.29 is 9.90 Å². The van der Waals surface area contributed by atoms with E-state index >= 15 is 0 Å². The number of hydrogen-bond acceptors (Lipinski definition) is 2. The van der Waals surface area contributed by atoms with Crippen LogP contribution in [0.3, 0.4) is 0 Å². The van der Waals surface area contributed by atoms with Crippen molar-refractivity contribution in [3.8, 4) is 0 Å². The van der Waals surface area contributed by atoms with Crippen LogP contribution in [0.5, 0.6) is 0 Å². The van der Waals surface area contributed by atoms with Gasteiger partial charge in [0.25, 0.3) is 0 Å². The van der Waals surface area contributed by atoms with E-state index in [0.717, 1.165) is 17.7 Å². The second-order valence-corrected chi connectivity index (χ2v) is 5.35. The number of amides is 1. The van der Waals surface area contributed by atoms with Crippen molar-refractivity contribution in [1.29, 1.82) is 0 Å². The Balaban J connectivity index is 2.06. The van der Waals surface area contributed by atoms with Crippen molar-refractivity contribution >= 4 is 21.8 Å². The summed E-state index contributed by atoms with van der Waals surface area (Å²) < 4.78 is 0. The van der Waals surface area contributed by atoms with Crippen LogP contribution in [0.2, 0.25) is 0 Å². The van der Waals surface area contributed by atoms with Gasteiger partial charge in [-0.15, -0.1) is 0 Å². The number of alkyl halides is 1. The molecule has 1 aromatic rings. The van der Waals surface area contributed by atoms with Gasteiger partial charge in [0.1, 0.15) is 0 Å². The minimum atomic E-state index is 0.0445. The zero-order valence-electron chi connectivity index (χ0n) is 8.90. The molecular weight excluding hydrogens is 270 g/mol. The van der Waals surface area contributed by atoms with Gasteiger partial charge in [-0.25, -0.2) is 0 Å². The van der Waals surface area contributed by atoms with Crippen molar-refractivity contribution in [2.45, 2.75) is 24.4 Å². The number of aliphatic hydroxyl groups excluding tert-OH is 1. The first-order valence-corrected chi connectivity index (χ1v) is 6.21. The summed E-state index contributed by atoms with van der Waals surface area (Å²) in [5, 5.41) is 9.03. The molecule has 1 fully saturated rings. The maximum atomic E-state index is 11.6. The van der Waals surface area contributed by atoms with Gasteiger partial charge in [0, 0.05) is 24.3 Å². The number of likely N-dealkylation sites (tertiary alicyclic amines) is 1. The number of carbonyl (C=O) groups is 1. The topological polar surface area (TPSA) is 40.5 Å². The van der Waals surface area contributed by atoms with Crippen molar-refractivity contribution in [3.63, 3.8) is 0 Å². The van der Waals surface area contributed by atoms with Gasteiger partial charge >= 0.3 is 0 Å². The van der Waals surface area contributed by atoms with E-state index < -0.39 is 0 Å². The number of carbonyl (C=O) groups excluding carboxylic acids is 1. The predicted octanol–water partition coefficient (Wildman–Crippen LogP) is 1.67. The monoisotopic (exact) mass is 283 g/mol. The Hall–Kier alpha value is -0.870. The van der Waals surface area contributed by atoms with E-state index in [4.69, 9.17) is 5.11 Å². The standard InChI is InChI=1S/C12H14BrNO2/c13-11-5-12(16)14(7-11)6-9-2-1-3-10(4-9)8-15/h1-4,11,15H,5-8H2. The summed E-state index contributed by atoms with van der Waals surface area (Å²) in [7, 11) is 0. The molecule has 0 spiro atoms. The largest absolute Gasteiger partial charge is 0.392 e. The van der Waals surface area contributed by atoms with E-state index in [0.29, 0.717) is 13.0 Å². The van der Waals surface area contributed by atoms with Gasteiger partial charge in [-0.3, -0.25) is 4.79 Å². The van der Waals surface area contributed by atoms with E-state index in [1.54, 1.807) is 0 Å². The molecule has 1 unspecified atom stereocenters. The SMILES string of the molecule is O=C1CC(Br)CN1Cc1cccc(CO)c1. The van der Waals surface area contributed by atoms with E-state index in [9.17, 15) is 4.79 Å². The summed E-state index contributed by atoms with van der Waals surface area (Å²) >= 11 is 3.46. The molecule has 86 valence electrons. The Kier molecular flexibility index (Phi) is 3.61. The molecular formula is C12H14BrNO2. The molecule has 4 heteroatoms. The first kappa shape index (κ1) is 11.6. The Morgan fingerprint density at radius 3 is 2.81 bits per heavy atom. The summed E-state index contributed by atoms with van der Waals surface area (Å²) in [5.74, 6) is 0.191. The normalized spacial score (nSPS) is 20.5. The van der Waals surface area contributed by atoms with Gasteiger partial charge in [-0.1, -0.05) is 40.2 Å². The summed E-state index contributed by atoms with van der Waals surface area (Å²) in [5.41, 5.74) is 1.96. The molecule has 1 heterocycles. The van der Waals surface area contributed by atoms with Crippen molar-refractivity contribution in [2.24, 2.45) is 0 Å². The molecule has 0 aliphatic carbocycles. The smallest absolute Gasteiger partial charge is 0.224 e. The van der Waals surface area contributed by atoms with Crippen LogP contribution in [-0.2, 0) is 17.9 Å². The highest BCUT2D eigenvalue weighted by atomic mass is 79.9. The molecule has 3 nitrogen and oxygen atoms in total. The molecule has 0 radical (unpaired) electrons. The number of rotatable bonds is 3. The van der Waals surface area contributed by atoms with Gasteiger partial charge in [0.15, 0.2) is 0 Å². The number of halogens is 1. The highest BCUT2D eigenvalue weighted by Gasteiger charge is 2.27. The van der Waals surface area contributed by atoms with E-state index in [-0.39, 0.29) is 17.3 Å². The van der Waals surface area contributed by atoms with Crippen LogP contribution in [0.25, 0.3) is 0 Å². The predicted molar refractivity (Wildman–Crippen MR) is 65.1 cm³/mol. The number of aliphatic hydroxyl groups is 1. The van der Waals surface area contributed by atoms with Gasteiger partial charge in [-0.2, -0.15) is 0 Å². The van der Waals surface area contributed by atoms with Crippen LogP contribution in [0.4, 0.5) is 0 Å². The Labute approximate surface area is 103 Å². The van der Waals surface area contributed by atoms with Crippen LogP contribution in [0.15, 0.2) is 24.3 Å². The molecule has 1 saturated heterocycles. The van der Waals surface area contributed by atoms with Crippen molar-refractivity contribution in [2.75, 3.05) is 6.54 Å². The lowest BCUT2D eigenvalue weighted by molar-refractivity contribution is -0.128. The molecule has 1 N–H and O–H groups in total. The van der Waals surface area contributed by atoms with Crippen molar-refractivity contribution in [1.82, 2.24) is 4.90 Å². The molecule has 0 saturated carbocycles. The average Bonchev–Trinajstić information content (AvgIpc) is 2.58. The second kappa shape index (κ2) is 4.97. The van der Waals surface area contributed by atoms with E-state index in [1.807, 2.05) is 29.2 Å². The third kappa shape index (κ3) is 2.62. The summed E-state index contributed by atoms with van der Waals surface area (Å²) in [6, 6.07) is 7.71. The fourth-order valence-corrected chi connectivity index (χ4v) is 2.55. The zero-order chi connectivity index (χ0) is 11.5. The lowest BCUT2D eigenvalue weighted by atomic mass is 10.1. The number of nitrogens with zero attached hydrogens (tertiary/aromatic N) is 1. The lowest BCUT2D eigenvalue weighted by Crippen LogP contribution is -2.24. The molecule has 1 aliphatic heterocycles. The van der Waals surface area contributed by atoms with Crippen LogP contribution < -0.4 is 0 Å². The van der Waals surface area contributed by atoms with Gasteiger partial charge in [0.2, 0.25) is 5.91 Å². The zero-order valence-corrected chi connectivity index (χ0v) is 10.5. The molecule has 1 amide bonds. The average molecular weight is 284 g/mol. The first-order chi connectivity index (χ1) is 7.69. The lowest BCUT2D eigenvalue weighted by Gasteiger charge is -2.16. The molecule has 1 aliphatic rings. The second-order valence-electron chi connectivity index (χ2n) is 4.05. The quantitative estimate of drug-likeness (QED) is 0.858. The fraction of sp³-hybridized carbons (Fsp3) is 0.417. The van der Waals surface area contributed by atoms with Crippen LogP contribution in [-0.4, -0.2) is 27.3 Å². The number of benzene rings is 1. The van der Waals surface area contributed by atoms with E-state index in [2.05, 4.69) is 15.9 Å². The molecule has 2 rings (SSSR count). The summed E-state index contributed by atoms with van der Waals surface area (Å²) in [4.78, 5) is 13.7. The van der Waals surface area contributed by atoms with Crippen LogP contribution in [0.1, 0.15) is 17.5 Å². The van der Waals surface area contributed by atoms with E-state index in [1.165, 1.54) is 0 Å². The van der Waals surface area contributed by atoms with Crippen LogP contribution >= 0.6 is 15.9 Å². The first-order valence-electron chi connectivity index (χ1n) is 5.29. The Morgan fingerprint density at radius 1 is 1.44 bits per heavy atom. The minimum absolute atomic E-state index is 0.0445. The van der Waals surface area contributed by atoms with Crippen LogP contribution in [0, 0.1) is 0 Å². The molecule has 1 aromatic carbocycles. The van der Waals surface area contributed by atoms with Gasteiger partial charge in [-0.05, 0) is 11.1 Å². The fourth-order valence-electron chi connectivity index (χ4n) is 1.92. The molecule has 16 heavy (non-hydrogen) atoms.